The van der Waals surface area contributed by atoms with E-state index in [2.05, 4.69) is 30.4 Å². The van der Waals surface area contributed by atoms with Crippen LogP contribution in [0.15, 0.2) is 18.2 Å². The summed E-state index contributed by atoms with van der Waals surface area (Å²) in [5, 5.41) is 3.12. The average Bonchev–Trinajstić information content (AvgIpc) is 2.58. The van der Waals surface area contributed by atoms with Gasteiger partial charge in [0, 0.05) is 6.42 Å². The summed E-state index contributed by atoms with van der Waals surface area (Å²) in [6.07, 6.45) is 2.89. The van der Waals surface area contributed by atoms with Crippen LogP contribution in [0.2, 0.25) is 0 Å². The minimum atomic E-state index is 0.214. The fraction of sp³-hybridized carbons (Fsp3) is 0.462. The van der Waals surface area contributed by atoms with Gasteiger partial charge in [-0.15, -0.1) is 0 Å². The Bertz CT molecular complexity index is 425. The van der Waals surface area contributed by atoms with Gasteiger partial charge in [-0.25, -0.2) is 0 Å². The quantitative estimate of drug-likeness (QED) is 0.684. The molecule has 2 nitrogen and oxygen atoms in total. The van der Waals surface area contributed by atoms with Crippen LogP contribution in [0, 0.1) is 12.8 Å². The Morgan fingerprint density at radius 2 is 2.27 bits per heavy atom. The first-order valence-corrected chi connectivity index (χ1v) is 5.63. The molecule has 1 amide bonds. The van der Waals surface area contributed by atoms with E-state index < -0.39 is 0 Å². The summed E-state index contributed by atoms with van der Waals surface area (Å²) in [5.74, 6) is 0.851. The highest BCUT2D eigenvalue weighted by atomic mass is 16.1. The Hall–Kier alpha value is -1.31. The van der Waals surface area contributed by atoms with Gasteiger partial charge >= 0.3 is 0 Å². The lowest BCUT2D eigenvalue weighted by atomic mass is 9.91. The molecule has 1 N–H and O–H groups in total. The molecule has 3 rings (SSSR count). The molecule has 1 saturated heterocycles. The van der Waals surface area contributed by atoms with Gasteiger partial charge in [0.25, 0.3) is 0 Å². The maximum atomic E-state index is 11.4. The fourth-order valence-electron chi connectivity index (χ4n) is 2.96. The molecule has 0 aromatic heterocycles. The predicted octanol–water partition coefficient (Wildman–Crippen LogP) is 2.12. The van der Waals surface area contributed by atoms with E-state index in [0.717, 1.165) is 12.8 Å². The molecule has 2 atom stereocenters. The van der Waals surface area contributed by atoms with Crippen LogP contribution < -0.4 is 5.32 Å². The Labute approximate surface area is 89.7 Å². The van der Waals surface area contributed by atoms with Gasteiger partial charge in [-0.2, -0.15) is 0 Å². The number of rotatable bonds is 0. The number of fused-ring (bicyclic) bond motifs is 3. The van der Waals surface area contributed by atoms with E-state index in [4.69, 9.17) is 0 Å². The van der Waals surface area contributed by atoms with Crippen LogP contribution in [-0.4, -0.2) is 5.91 Å². The third-order valence-electron chi connectivity index (χ3n) is 3.78. The van der Waals surface area contributed by atoms with Crippen molar-refractivity contribution in [1.82, 2.24) is 5.32 Å². The Morgan fingerprint density at radius 3 is 3.13 bits per heavy atom. The second kappa shape index (κ2) is 3.09. The molecule has 1 unspecified atom stereocenters. The number of hydrogen-bond acceptors (Lipinski definition) is 1. The number of aryl methyl sites for hydroxylation is 1. The van der Waals surface area contributed by atoms with Gasteiger partial charge in [-0.3, -0.25) is 4.79 Å². The molecule has 1 aromatic carbocycles. The van der Waals surface area contributed by atoms with Crippen molar-refractivity contribution < 1.29 is 4.79 Å². The molecule has 0 spiro atoms. The molecule has 1 aliphatic heterocycles. The van der Waals surface area contributed by atoms with E-state index in [1.807, 2.05) is 0 Å². The molecule has 0 saturated carbocycles. The highest BCUT2D eigenvalue weighted by Gasteiger charge is 2.36. The SMILES string of the molecule is Cc1cccc2c1CC1CCC(=O)N[C@H]21. The molecule has 15 heavy (non-hydrogen) atoms. The third kappa shape index (κ3) is 1.28. The molecule has 2 aliphatic rings. The Balaban J connectivity index is 2.04. The zero-order valence-electron chi connectivity index (χ0n) is 8.92. The van der Waals surface area contributed by atoms with Crippen molar-refractivity contribution in [3.8, 4) is 0 Å². The van der Waals surface area contributed by atoms with Crippen molar-refractivity contribution >= 4 is 5.91 Å². The monoisotopic (exact) mass is 201 g/mol. The standard InChI is InChI=1S/C13H15NO/c1-8-3-2-4-10-11(8)7-9-5-6-12(15)14-13(9)10/h2-4,9,13H,5-7H2,1H3,(H,14,15)/t9?,13-/m0/s1. The molecular formula is C13H15NO. The van der Waals surface area contributed by atoms with Crippen LogP contribution in [-0.2, 0) is 11.2 Å². The Morgan fingerprint density at radius 1 is 1.40 bits per heavy atom. The number of hydrogen-bond donors (Lipinski definition) is 1. The largest absolute Gasteiger partial charge is 0.349 e. The van der Waals surface area contributed by atoms with Crippen LogP contribution in [0.25, 0.3) is 0 Å². The van der Waals surface area contributed by atoms with E-state index in [0.29, 0.717) is 18.4 Å². The van der Waals surface area contributed by atoms with Crippen LogP contribution in [0.3, 0.4) is 0 Å². The minimum absolute atomic E-state index is 0.214. The van der Waals surface area contributed by atoms with Gasteiger partial charge in [0.1, 0.15) is 0 Å². The average molecular weight is 201 g/mol. The van der Waals surface area contributed by atoms with Crippen molar-refractivity contribution in [3.05, 3.63) is 34.9 Å². The first-order valence-electron chi connectivity index (χ1n) is 5.63. The summed E-state index contributed by atoms with van der Waals surface area (Å²) in [5.41, 5.74) is 4.19. The fourth-order valence-corrected chi connectivity index (χ4v) is 2.96. The minimum Gasteiger partial charge on any atom is -0.349 e. The summed E-state index contributed by atoms with van der Waals surface area (Å²) in [4.78, 5) is 11.4. The summed E-state index contributed by atoms with van der Waals surface area (Å²) in [6.45, 7) is 2.16. The maximum absolute atomic E-state index is 11.4. The molecule has 1 fully saturated rings. The van der Waals surface area contributed by atoms with Crippen LogP contribution in [0.5, 0.6) is 0 Å². The van der Waals surface area contributed by atoms with Crippen LogP contribution >= 0.6 is 0 Å². The number of carbonyl (C=O) groups excluding carboxylic acids is 1. The van der Waals surface area contributed by atoms with E-state index in [1.165, 1.54) is 16.7 Å². The number of benzene rings is 1. The molecule has 78 valence electrons. The number of amides is 1. The molecule has 2 heteroatoms. The smallest absolute Gasteiger partial charge is 0.220 e. The number of carbonyl (C=O) groups is 1. The second-order valence-corrected chi connectivity index (χ2v) is 4.69. The van der Waals surface area contributed by atoms with Gasteiger partial charge in [-0.1, -0.05) is 18.2 Å². The van der Waals surface area contributed by atoms with Crippen molar-refractivity contribution in [1.29, 1.82) is 0 Å². The first kappa shape index (κ1) is 8.96. The summed E-state index contributed by atoms with van der Waals surface area (Å²) in [6, 6.07) is 6.72. The van der Waals surface area contributed by atoms with Gasteiger partial charge in [0.05, 0.1) is 6.04 Å². The van der Waals surface area contributed by atoms with E-state index >= 15 is 0 Å². The molecular weight excluding hydrogens is 186 g/mol. The highest BCUT2D eigenvalue weighted by molar-refractivity contribution is 5.77. The molecule has 1 aromatic rings. The molecule has 0 bridgehead atoms. The van der Waals surface area contributed by atoms with Crippen LogP contribution in [0.1, 0.15) is 35.6 Å². The summed E-state index contributed by atoms with van der Waals surface area (Å²) < 4.78 is 0. The highest BCUT2D eigenvalue weighted by Crippen LogP contribution is 2.41. The molecule has 1 aliphatic carbocycles. The van der Waals surface area contributed by atoms with E-state index in [9.17, 15) is 4.79 Å². The molecule has 0 radical (unpaired) electrons. The zero-order chi connectivity index (χ0) is 10.4. The van der Waals surface area contributed by atoms with Gasteiger partial charge in [-0.05, 0) is 42.4 Å². The van der Waals surface area contributed by atoms with Crippen LogP contribution in [0.4, 0.5) is 0 Å². The third-order valence-corrected chi connectivity index (χ3v) is 3.78. The van der Waals surface area contributed by atoms with Crippen molar-refractivity contribution in [3.63, 3.8) is 0 Å². The van der Waals surface area contributed by atoms with Gasteiger partial charge in [0.15, 0.2) is 0 Å². The van der Waals surface area contributed by atoms with E-state index in [-0.39, 0.29) is 5.91 Å². The lowest BCUT2D eigenvalue weighted by Crippen LogP contribution is -2.36. The molecule has 1 heterocycles. The lowest BCUT2D eigenvalue weighted by Gasteiger charge is -2.26. The second-order valence-electron chi connectivity index (χ2n) is 4.69. The first-order chi connectivity index (χ1) is 7.25. The zero-order valence-corrected chi connectivity index (χ0v) is 8.92. The topological polar surface area (TPSA) is 29.1 Å². The summed E-state index contributed by atoms with van der Waals surface area (Å²) >= 11 is 0. The van der Waals surface area contributed by atoms with Crippen molar-refractivity contribution in [2.45, 2.75) is 32.2 Å². The maximum Gasteiger partial charge on any atom is 0.220 e. The summed E-state index contributed by atoms with van der Waals surface area (Å²) in [7, 11) is 0. The normalized spacial score (nSPS) is 28.2. The number of nitrogens with one attached hydrogen (secondary N) is 1. The lowest BCUT2D eigenvalue weighted by molar-refractivity contribution is -0.124. The Kier molecular flexibility index (Phi) is 1.84. The van der Waals surface area contributed by atoms with E-state index in [1.54, 1.807) is 0 Å². The van der Waals surface area contributed by atoms with Gasteiger partial charge in [0.2, 0.25) is 5.91 Å². The predicted molar refractivity (Wildman–Crippen MR) is 58.5 cm³/mol. The number of piperidine rings is 1. The van der Waals surface area contributed by atoms with Gasteiger partial charge < -0.3 is 5.32 Å². The van der Waals surface area contributed by atoms with Crippen molar-refractivity contribution in [2.24, 2.45) is 5.92 Å². The van der Waals surface area contributed by atoms with Crippen molar-refractivity contribution in [2.75, 3.05) is 0 Å².